The predicted molar refractivity (Wildman–Crippen MR) is 56.2 cm³/mol. The Morgan fingerprint density at radius 2 is 2.08 bits per heavy atom. The number of nitrogens with one attached hydrogen (secondary N) is 1. The zero-order chi connectivity index (χ0) is 8.72. The van der Waals surface area contributed by atoms with E-state index in [1.54, 1.807) is 0 Å². The van der Waals surface area contributed by atoms with Crippen LogP contribution in [0.25, 0.3) is 10.9 Å². The smallest absolute Gasteiger partial charge is 0.109 e. The molecule has 1 aromatic carbocycles. The van der Waals surface area contributed by atoms with Crippen molar-refractivity contribution in [3.05, 3.63) is 26.8 Å². The van der Waals surface area contributed by atoms with Crippen molar-refractivity contribution in [1.29, 1.82) is 0 Å². The summed E-state index contributed by atoms with van der Waals surface area (Å²) >= 11 is 6.83. The van der Waals surface area contributed by atoms with E-state index in [0.29, 0.717) is 0 Å². The van der Waals surface area contributed by atoms with Gasteiger partial charge >= 0.3 is 0 Å². The van der Waals surface area contributed by atoms with Crippen molar-refractivity contribution < 1.29 is 0 Å². The van der Waals surface area contributed by atoms with Gasteiger partial charge in [0.1, 0.15) is 4.60 Å². The Kier molecular flexibility index (Phi) is 1.96. The molecule has 0 radical (unpaired) electrons. The van der Waals surface area contributed by atoms with Crippen molar-refractivity contribution in [2.45, 2.75) is 6.92 Å². The van der Waals surface area contributed by atoms with Crippen LogP contribution in [0, 0.1) is 6.92 Å². The van der Waals surface area contributed by atoms with E-state index in [1.165, 1.54) is 5.56 Å². The maximum absolute atomic E-state index is 4.14. The Balaban J connectivity index is 2.93. The van der Waals surface area contributed by atoms with E-state index in [4.69, 9.17) is 0 Å². The first kappa shape index (κ1) is 8.26. The van der Waals surface area contributed by atoms with Crippen LogP contribution in [0.4, 0.5) is 0 Å². The summed E-state index contributed by atoms with van der Waals surface area (Å²) < 4.78 is 2.01. The van der Waals surface area contributed by atoms with Crippen molar-refractivity contribution in [3.8, 4) is 0 Å². The normalized spacial score (nSPS) is 10.9. The average molecular weight is 290 g/mol. The van der Waals surface area contributed by atoms with Crippen LogP contribution < -0.4 is 0 Å². The van der Waals surface area contributed by atoms with Crippen LogP contribution in [0.5, 0.6) is 0 Å². The van der Waals surface area contributed by atoms with Crippen LogP contribution >= 0.6 is 31.9 Å². The fourth-order valence-corrected chi connectivity index (χ4v) is 2.43. The Morgan fingerprint density at radius 1 is 1.33 bits per heavy atom. The molecule has 0 atom stereocenters. The van der Waals surface area contributed by atoms with E-state index in [1.807, 2.05) is 6.07 Å². The number of H-pyrrole nitrogens is 1. The summed E-state index contributed by atoms with van der Waals surface area (Å²) in [6.45, 7) is 2.06. The van der Waals surface area contributed by atoms with Crippen molar-refractivity contribution in [2.75, 3.05) is 0 Å². The maximum Gasteiger partial charge on any atom is 0.109 e. The Morgan fingerprint density at radius 3 is 2.83 bits per heavy atom. The third-order valence-corrected chi connectivity index (χ3v) is 2.81. The largest absolute Gasteiger partial charge is 0.270 e. The molecule has 0 saturated heterocycles. The van der Waals surface area contributed by atoms with Crippen molar-refractivity contribution >= 4 is 42.8 Å². The second kappa shape index (κ2) is 2.85. The van der Waals surface area contributed by atoms with Gasteiger partial charge < -0.3 is 0 Å². The molecule has 0 aliphatic heterocycles. The van der Waals surface area contributed by atoms with Gasteiger partial charge in [0.15, 0.2) is 0 Å². The van der Waals surface area contributed by atoms with Gasteiger partial charge in [0.25, 0.3) is 0 Å². The van der Waals surface area contributed by atoms with Gasteiger partial charge in [-0.25, -0.2) is 0 Å². The zero-order valence-electron chi connectivity index (χ0n) is 6.36. The molecule has 0 aliphatic rings. The SMILES string of the molecule is Cc1cc(Br)cc2n[nH]c(Br)c12. The molecule has 1 heterocycles. The monoisotopic (exact) mass is 288 g/mol. The number of aryl methyl sites for hydroxylation is 1. The summed E-state index contributed by atoms with van der Waals surface area (Å²) in [5.41, 5.74) is 2.19. The molecular formula is C8H6Br2N2. The van der Waals surface area contributed by atoms with Crippen molar-refractivity contribution in [2.24, 2.45) is 0 Å². The molecule has 0 bridgehead atoms. The number of benzene rings is 1. The van der Waals surface area contributed by atoms with Gasteiger partial charge in [-0.1, -0.05) is 15.9 Å². The van der Waals surface area contributed by atoms with Crippen LogP contribution in [0.1, 0.15) is 5.56 Å². The molecule has 4 heteroatoms. The number of aromatic amines is 1. The Bertz CT molecular complexity index is 434. The van der Waals surface area contributed by atoms with Gasteiger partial charge in [0.05, 0.1) is 5.52 Å². The standard InChI is InChI=1S/C8H6Br2N2/c1-4-2-5(9)3-6-7(4)8(10)12-11-6/h2-3H,1H3,(H,11,12). The van der Waals surface area contributed by atoms with Crippen molar-refractivity contribution in [3.63, 3.8) is 0 Å². The lowest BCUT2D eigenvalue weighted by Gasteiger charge is -1.96. The summed E-state index contributed by atoms with van der Waals surface area (Å²) in [5.74, 6) is 0. The molecule has 2 rings (SSSR count). The lowest BCUT2D eigenvalue weighted by Crippen LogP contribution is -1.75. The highest BCUT2D eigenvalue weighted by atomic mass is 79.9. The van der Waals surface area contributed by atoms with E-state index < -0.39 is 0 Å². The minimum Gasteiger partial charge on any atom is -0.270 e. The highest BCUT2D eigenvalue weighted by Crippen LogP contribution is 2.27. The molecule has 0 amide bonds. The molecule has 12 heavy (non-hydrogen) atoms. The van der Waals surface area contributed by atoms with Crippen LogP contribution in [0.3, 0.4) is 0 Å². The van der Waals surface area contributed by atoms with Gasteiger partial charge in [0, 0.05) is 9.86 Å². The number of rotatable bonds is 0. The molecule has 2 aromatic rings. The molecular weight excluding hydrogens is 284 g/mol. The molecule has 0 saturated carbocycles. The van der Waals surface area contributed by atoms with E-state index in [2.05, 4.69) is 55.0 Å². The van der Waals surface area contributed by atoms with Crippen LogP contribution in [0.15, 0.2) is 21.2 Å². The third kappa shape index (κ3) is 1.19. The van der Waals surface area contributed by atoms with Gasteiger partial charge in [-0.3, -0.25) is 5.10 Å². The molecule has 0 aliphatic carbocycles. The predicted octanol–water partition coefficient (Wildman–Crippen LogP) is 3.40. The summed E-state index contributed by atoms with van der Waals surface area (Å²) in [7, 11) is 0. The van der Waals surface area contributed by atoms with Crippen LogP contribution in [-0.4, -0.2) is 10.2 Å². The average Bonchev–Trinajstić information content (AvgIpc) is 2.31. The molecule has 1 aromatic heterocycles. The minimum atomic E-state index is 0.947. The second-order valence-electron chi connectivity index (χ2n) is 2.65. The van der Waals surface area contributed by atoms with Crippen molar-refractivity contribution in [1.82, 2.24) is 10.2 Å². The van der Waals surface area contributed by atoms with Gasteiger partial charge in [-0.15, -0.1) is 0 Å². The third-order valence-electron chi connectivity index (χ3n) is 1.77. The molecule has 2 nitrogen and oxygen atoms in total. The first-order valence-electron chi connectivity index (χ1n) is 3.48. The minimum absolute atomic E-state index is 0.947. The van der Waals surface area contributed by atoms with Gasteiger partial charge in [0.2, 0.25) is 0 Å². The molecule has 0 fully saturated rings. The fourth-order valence-electron chi connectivity index (χ4n) is 1.26. The van der Waals surface area contributed by atoms with Crippen LogP contribution in [-0.2, 0) is 0 Å². The molecule has 62 valence electrons. The van der Waals surface area contributed by atoms with E-state index in [-0.39, 0.29) is 0 Å². The molecule has 0 spiro atoms. The molecule has 1 N–H and O–H groups in total. The molecule has 0 unspecified atom stereocenters. The highest BCUT2D eigenvalue weighted by Gasteiger charge is 2.05. The number of fused-ring (bicyclic) bond motifs is 1. The first-order valence-corrected chi connectivity index (χ1v) is 5.07. The second-order valence-corrected chi connectivity index (χ2v) is 4.36. The lowest BCUT2D eigenvalue weighted by molar-refractivity contribution is 1.10. The number of nitrogens with zero attached hydrogens (tertiary/aromatic N) is 1. The Labute approximate surface area is 86.6 Å². The zero-order valence-corrected chi connectivity index (χ0v) is 9.53. The quantitative estimate of drug-likeness (QED) is 0.791. The van der Waals surface area contributed by atoms with Gasteiger partial charge in [-0.2, -0.15) is 5.10 Å². The summed E-state index contributed by atoms with van der Waals surface area (Å²) in [4.78, 5) is 0. The highest BCUT2D eigenvalue weighted by molar-refractivity contribution is 9.10. The van der Waals surface area contributed by atoms with E-state index in [9.17, 15) is 0 Å². The van der Waals surface area contributed by atoms with Crippen LogP contribution in [0.2, 0.25) is 0 Å². The number of halogens is 2. The maximum atomic E-state index is 4.14. The first-order chi connectivity index (χ1) is 5.68. The topological polar surface area (TPSA) is 28.7 Å². The number of hydrogen-bond donors (Lipinski definition) is 1. The number of hydrogen-bond acceptors (Lipinski definition) is 1. The van der Waals surface area contributed by atoms with E-state index in [0.717, 1.165) is 20.0 Å². The van der Waals surface area contributed by atoms with Gasteiger partial charge in [-0.05, 0) is 40.5 Å². The lowest BCUT2D eigenvalue weighted by atomic mass is 10.1. The summed E-state index contributed by atoms with van der Waals surface area (Å²) in [5, 5.41) is 8.18. The summed E-state index contributed by atoms with van der Waals surface area (Å²) in [6, 6.07) is 4.06. The number of aromatic nitrogens is 2. The Hall–Kier alpha value is -0.350. The van der Waals surface area contributed by atoms with E-state index >= 15 is 0 Å². The fraction of sp³-hybridized carbons (Fsp3) is 0.125. The summed E-state index contributed by atoms with van der Waals surface area (Å²) in [6.07, 6.45) is 0.